The Labute approximate surface area is 113 Å². The summed E-state index contributed by atoms with van der Waals surface area (Å²) in [5.41, 5.74) is 9.55. The van der Waals surface area contributed by atoms with Gasteiger partial charge in [-0.15, -0.1) is 0 Å². The summed E-state index contributed by atoms with van der Waals surface area (Å²) in [5, 5.41) is 9.14. The van der Waals surface area contributed by atoms with E-state index in [1.165, 1.54) is 0 Å². The van der Waals surface area contributed by atoms with Crippen LogP contribution < -0.4 is 10.6 Å². The number of anilines is 2. The van der Waals surface area contributed by atoms with E-state index >= 15 is 0 Å². The smallest absolute Gasteiger partial charge is 0.101 e. The van der Waals surface area contributed by atoms with E-state index in [1.807, 2.05) is 67.4 Å². The maximum absolute atomic E-state index is 9.14. The molecule has 1 atom stereocenters. The summed E-state index contributed by atoms with van der Waals surface area (Å²) in [6.07, 6.45) is 0. The largest absolute Gasteiger partial charge is 0.344 e. The Morgan fingerprint density at radius 3 is 2.32 bits per heavy atom. The molecule has 2 N–H and O–H groups in total. The molecular formula is C16H17N3. The monoisotopic (exact) mass is 251 g/mol. The number of hydrogen-bond donors (Lipinski definition) is 1. The molecule has 3 nitrogen and oxygen atoms in total. The van der Waals surface area contributed by atoms with Gasteiger partial charge in [0.1, 0.15) is 6.07 Å². The van der Waals surface area contributed by atoms with Crippen LogP contribution in [-0.4, -0.2) is 7.05 Å². The number of nitrogens with zero attached hydrogens (tertiary/aromatic N) is 2. The SMILES string of the molecule is C[C@@H](N)c1ccc(N(C)c2ccccc2C#N)cc1. The van der Waals surface area contributed by atoms with Crippen LogP contribution in [0.15, 0.2) is 48.5 Å². The number of nitriles is 1. The van der Waals surface area contributed by atoms with E-state index < -0.39 is 0 Å². The molecule has 0 fully saturated rings. The fraction of sp³-hybridized carbons (Fsp3) is 0.188. The van der Waals surface area contributed by atoms with Crippen molar-refractivity contribution in [2.75, 3.05) is 11.9 Å². The average molecular weight is 251 g/mol. The molecule has 0 aliphatic heterocycles. The first kappa shape index (κ1) is 13.1. The highest BCUT2D eigenvalue weighted by molar-refractivity contribution is 5.68. The van der Waals surface area contributed by atoms with Crippen molar-refractivity contribution >= 4 is 11.4 Å². The number of para-hydroxylation sites is 1. The molecule has 3 heteroatoms. The summed E-state index contributed by atoms with van der Waals surface area (Å²) >= 11 is 0. The van der Waals surface area contributed by atoms with Gasteiger partial charge in [0.2, 0.25) is 0 Å². The van der Waals surface area contributed by atoms with Gasteiger partial charge in [0, 0.05) is 18.8 Å². The lowest BCUT2D eigenvalue weighted by atomic mass is 10.1. The fourth-order valence-electron chi connectivity index (χ4n) is 2.00. The Morgan fingerprint density at radius 2 is 1.74 bits per heavy atom. The lowest BCUT2D eigenvalue weighted by Gasteiger charge is -2.21. The highest BCUT2D eigenvalue weighted by Gasteiger charge is 2.08. The van der Waals surface area contributed by atoms with Crippen molar-refractivity contribution in [1.82, 2.24) is 0 Å². The van der Waals surface area contributed by atoms with Crippen LogP contribution in [0.25, 0.3) is 0 Å². The molecule has 0 radical (unpaired) electrons. The molecule has 0 spiro atoms. The van der Waals surface area contributed by atoms with Gasteiger partial charge in [-0.1, -0.05) is 24.3 Å². The van der Waals surface area contributed by atoms with E-state index in [2.05, 4.69) is 6.07 Å². The summed E-state index contributed by atoms with van der Waals surface area (Å²) in [5.74, 6) is 0. The molecule has 0 heterocycles. The molecule has 0 amide bonds. The van der Waals surface area contributed by atoms with Gasteiger partial charge in [-0.2, -0.15) is 5.26 Å². The standard InChI is InChI=1S/C16H17N3/c1-12(18)13-7-9-15(10-8-13)19(2)16-6-4-3-5-14(16)11-17/h3-10,12H,18H2,1-2H3/t12-/m1/s1. The van der Waals surface area contributed by atoms with Gasteiger partial charge < -0.3 is 10.6 Å². The minimum atomic E-state index is 0.0331. The van der Waals surface area contributed by atoms with Crippen LogP contribution in [0.2, 0.25) is 0 Å². The Hall–Kier alpha value is -2.31. The van der Waals surface area contributed by atoms with E-state index in [0.29, 0.717) is 5.56 Å². The van der Waals surface area contributed by atoms with Gasteiger partial charge in [0.15, 0.2) is 0 Å². The van der Waals surface area contributed by atoms with Crippen LogP contribution in [-0.2, 0) is 0 Å². The molecule has 2 rings (SSSR count). The van der Waals surface area contributed by atoms with Crippen molar-refractivity contribution in [1.29, 1.82) is 5.26 Å². The van der Waals surface area contributed by atoms with E-state index in [4.69, 9.17) is 11.0 Å². The number of hydrogen-bond acceptors (Lipinski definition) is 3. The van der Waals surface area contributed by atoms with Crippen molar-refractivity contribution in [2.24, 2.45) is 5.73 Å². The molecule has 0 unspecified atom stereocenters. The Bertz CT molecular complexity index is 594. The van der Waals surface area contributed by atoms with Crippen LogP contribution in [0.1, 0.15) is 24.1 Å². The van der Waals surface area contributed by atoms with E-state index in [0.717, 1.165) is 16.9 Å². The van der Waals surface area contributed by atoms with Gasteiger partial charge in [-0.05, 0) is 36.8 Å². The zero-order valence-corrected chi connectivity index (χ0v) is 11.2. The lowest BCUT2D eigenvalue weighted by Crippen LogP contribution is -2.11. The van der Waals surface area contributed by atoms with Crippen LogP contribution in [0.5, 0.6) is 0 Å². The molecular weight excluding hydrogens is 234 g/mol. The predicted octanol–water partition coefficient (Wildman–Crippen LogP) is 3.35. The fourth-order valence-corrected chi connectivity index (χ4v) is 2.00. The first-order valence-electron chi connectivity index (χ1n) is 6.22. The second kappa shape index (κ2) is 5.55. The molecule has 0 aliphatic rings. The molecule has 0 bridgehead atoms. The minimum Gasteiger partial charge on any atom is -0.344 e. The zero-order valence-electron chi connectivity index (χ0n) is 11.2. The van der Waals surface area contributed by atoms with Crippen molar-refractivity contribution in [3.05, 3.63) is 59.7 Å². The van der Waals surface area contributed by atoms with Crippen molar-refractivity contribution in [3.8, 4) is 6.07 Å². The van der Waals surface area contributed by atoms with Crippen molar-refractivity contribution in [2.45, 2.75) is 13.0 Å². The normalized spacial score (nSPS) is 11.7. The summed E-state index contributed by atoms with van der Waals surface area (Å²) in [6, 6.07) is 17.9. The van der Waals surface area contributed by atoms with Crippen LogP contribution >= 0.6 is 0 Å². The molecule has 2 aromatic carbocycles. The highest BCUT2D eigenvalue weighted by atomic mass is 15.1. The molecule has 0 aliphatic carbocycles. The molecule has 96 valence electrons. The van der Waals surface area contributed by atoms with Gasteiger partial charge in [-0.3, -0.25) is 0 Å². The van der Waals surface area contributed by atoms with Gasteiger partial charge in [0.25, 0.3) is 0 Å². The summed E-state index contributed by atoms with van der Waals surface area (Å²) in [7, 11) is 1.96. The summed E-state index contributed by atoms with van der Waals surface area (Å²) < 4.78 is 0. The van der Waals surface area contributed by atoms with Crippen LogP contribution in [0.4, 0.5) is 11.4 Å². The maximum atomic E-state index is 9.14. The second-order valence-electron chi connectivity index (χ2n) is 4.57. The molecule has 0 aromatic heterocycles. The topological polar surface area (TPSA) is 53.0 Å². The van der Waals surface area contributed by atoms with E-state index in [1.54, 1.807) is 0 Å². The first-order valence-corrected chi connectivity index (χ1v) is 6.22. The molecule has 2 aromatic rings. The Balaban J connectivity index is 2.34. The van der Waals surface area contributed by atoms with Crippen LogP contribution in [0.3, 0.4) is 0 Å². The third-order valence-corrected chi connectivity index (χ3v) is 3.19. The van der Waals surface area contributed by atoms with E-state index in [-0.39, 0.29) is 6.04 Å². The second-order valence-corrected chi connectivity index (χ2v) is 4.57. The van der Waals surface area contributed by atoms with Gasteiger partial charge in [-0.25, -0.2) is 0 Å². The summed E-state index contributed by atoms with van der Waals surface area (Å²) in [6.45, 7) is 1.96. The quantitative estimate of drug-likeness (QED) is 0.910. The van der Waals surface area contributed by atoms with Crippen molar-refractivity contribution in [3.63, 3.8) is 0 Å². The Kier molecular flexibility index (Phi) is 3.84. The minimum absolute atomic E-state index is 0.0331. The third-order valence-electron chi connectivity index (χ3n) is 3.19. The molecule has 19 heavy (non-hydrogen) atoms. The van der Waals surface area contributed by atoms with E-state index in [9.17, 15) is 0 Å². The number of nitrogens with two attached hydrogens (primary N) is 1. The number of rotatable bonds is 3. The average Bonchev–Trinajstić information content (AvgIpc) is 2.46. The maximum Gasteiger partial charge on any atom is 0.101 e. The van der Waals surface area contributed by atoms with Gasteiger partial charge in [0.05, 0.1) is 11.3 Å². The third kappa shape index (κ3) is 2.75. The molecule has 0 saturated carbocycles. The van der Waals surface area contributed by atoms with Crippen LogP contribution in [0, 0.1) is 11.3 Å². The lowest BCUT2D eigenvalue weighted by molar-refractivity contribution is 0.818. The van der Waals surface area contributed by atoms with Gasteiger partial charge >= 0.3 is 0 Å². The molecule has 0 saturated heterocycles. The zero-order chi connectivity index (χ0) is 13.8. The van der Waals surface area contributed by atoms with Crippen molar-refractivity contribution < 1.29 is 0 Å². The Morgan fingerprint density at radius 1 is 1.11 bits per heavy atom. The highest BCUT2D eigenvalue weighted by Crippen LogP contribution is 2.27. The summed E-state index contributed by atoms with van der Waals surface area (Å²) in [4.78, 5) is 2.00. The first-order chi connectivity index (χ1) is 9.13. The predicted molar refractivity (Wildman–Crippen MR) is 78.3 cm³/mol. The number of benzene rings is 2.